The van der Waals surface area contributed by atoms with E-state index >= 15 is 0 Å². The molecule has 0 heterocycles. The zero-order chi connectivity index (χ0) is 13.5. The van der Waals surface area contributed by atoms with Gasteiger partial charge in [-0.05, 0) is 12.1 Å². The average molecular weight is 313 g/mol. The lowest BCUT2D eigenvalue weighted by Gasteiger charge is -2.06. The van der Waals surface area contributed by atoms with Crippen LogP contribution < -0.4 is 10.1 Å². The van der Waals surface area contributed by atoms with E-state index in [9.17, 15) is 14.9 Å². The van der Waals surface area contributed by atoms with Crippen LogP contribution in [0.15, 0.2) is 22.7 Å². The summed E-state index contributed by atoms with van der Waals surface area (Å²) in [7, 11) is 0. The van der Waals surface area contributed by atoms with E-state index in [1.165, 1.54) is 12.1 Å². The van der Waals surface area contributed by atoms with E-state index in [4.69, 9.17) is 11.2 Å². The van der Waals surface area contributed by atoms with E-state index in [2.05, 4.69) is 27.2 Å². The third-order valence-corrected chi connectivity index (χ3v) is 2.36. The van der Waals surface area contributed by atoms with Crippen LogP contribution in [0.1, 0.15) is 0 Å². The van der Waals surface area contributed by atoms with Gasteiger partial charge in [0.2, 0.25) is 0 Å². The molecule has 0 unspecified atom stereocenters. The highest BCUT2D eigenvalue weighted by molar-refractivity contribution is 9.10. The molecule has 0 saturated carbocycles. The van der Waals surface area contributed by atoms with E-state index < -0.39 is 10.8 Å². The largest absolute Gasteiger partial charge is 0.477 e. The summed E-state index contributed by atoms with van der Waals surface area (Å²) in [6.07, 6.45) is 4.96. The standard InChI is InChI=1S/C11H9BrN2O4/c1-2-5-13-11(15)7-18-10-4-3-8(12)6-9(10)14(16)17/h1,3-4,6H,5,7H2,(H,13,15). The number of carbonyl (C=O) groups is 1. The SMILES string of the molecule is C#CCNC(=O)COc1ccc(Br)cc1[N+](=O)[O-]. The molecule has 1 N–H and O–H groups in total. The third kappa shape index (κ3) is 4.07. The third-order valence-electron chi connectivity index (χ3n) is 1.86. The summed E-state index contributed by atoms with van der Waals surface area (Å²) in [5, 5.41) is 13.2. The highest BCUT2D eigenvalue weighted by atomic mass is 79.9. The number of nitrogens with zero attached hydrogens (tertiary/aromatic N) is 1. The number of amides is 1. The van der Waals surface area contributed by atoms with Crippen molar-refractivity contribution in [2.24, 2.45) is 0 Å². The number of carbonyl (C=O) groups excluding carboxylic acids is 1. The average Bonchev–Trinajstić information content (AvgIpc) is 2.34. The maximum Gasteiger partial charge on any atom is 0.312 e. The fraction of sp³-hybridized carbons (Fsp3) is 0.182. The second kappa shape index (κ2) is 6.61. The topological polar surface area (TPSA) is 81.5 Å². The van der Waals surface area contributed by atoms with Crippen molar-refractivity contribution < 1.29 is 14.5 Å². The normalized spacial score (nSPS) is 9.33. The van der Waals surface area contributed by atoms with Crippen LogP contribution in [0.5, 0.6) is 5.75 Å². The van der Waals surface area contributed by atoms with Crippen molar-refractivity contribution >= 4 is 27.5 Å². The molecule has 0 aromatic heterocycles. The number of halogens is 1. The first-order valence-electron chi connectivity index (χ1n) is 4.81. The molecule has 0 aliphatic rings. The van der Waals surface area contributed by atoms with Crippen LogP contribution in [0, 0.1) is 22.5 Å². The van der Waals surface area contributed by atoms with Crippen molar-refractivity contribution in [3.63, 3.8) is 0 Å². The molecule has 0 radical (unpaired) electrons. The van der Waals surface area contributed by atoms with Gasteiger partial charge in [0.1, 0.15) is 0 Å². The van der Waals surface area contributed by atoms with Gasteiger partial charge in [-0.25, -0.2) is 0 Å². The number of hydrogen-bond acceptors (Lipinski definition) is 4. The molecule has 6 nitrogen and oxygen atoms in total. The molecular weight excluding hydrogens is 304 g/mol. The lowest BCUT2D eigenvalue weighted by atomic mass is 10.3. The van der Waals surface area contributed by atoms with Crippen LogP contribution in [0.2, 0.25) is 0 Å². The Balaban J connectivity index is 2.70. The summed E-state index contributed by atoms with van der Waals surface area (Å²) in [6.45, 7) is -0.241. The Bertz CT molecular complexity index is 510. The number of benzene rings is 1. The zero-order valence-electron chi connectivity index (χ0n) is 9.18. The first-order valence-corrected chi connectivity index (χ1v) is 5.61. The number of hydrogen-bond donors (Lipinski definition) is 1. The van der Waals surface area contributed by atoms with Gasteiger partial charge in [-0.1, -0.05) is 21.9 Å². The number of nitro groups is 1. The molecule has 0 fully saturated rings. The minimum absolute atomic E-state index is 0.0269. The van der Waals surface area contributed by atoms with Crippen LogP contribution >= 0.6 is 15.9 Å². The van der Waals surface area contributed by atoms with Gasteiger partial charge in [0.05, 0.1) is 11.5 Å². The van der Waals surface area contributed by atoms with Gasteiger partial charge in [-0.15, -0.1) is 6.42 Å². The highest BCUT2D eigenvalue weighted by Gasteiger charge is 2.16. The van der Waals surface area contributed by atoms with Crippen molar-refractivity contribution in [3.8, 4) is 18.1 Å². The summed E-state index contributed by atoms with van der Waals surface area (Å²) in [5.74, 6) is 1.82. The van der Waals surface area contributed by atoms with Crippen molar-refractivity contribution in [1.29, 1.82) is 0 Å². The first-order chi connectivity index (χ1) is 8.54. The molecule has 1 aromatic rings. The minimum Gasteiger partial charge on any atom is -0.477 e. The monoisotopic (exact) mass is 312 g/mol. The van der Waals surface area contributed by atoms with E-state index in [1.54, 1.807) is 6.07 Å². The smallest absolute Gasteiger partial charge is 0.312 e. The number of ether oxygens (including phenoxy) is 1. The van der Waals surface area contributed by atoms with Gasteiger partial charge in [0.25, 0.3) is 5.91 Å². The molecule has 0 saturated heterocycles. The second-order valence-corrected chi connectivity index (χ2v) is 4.05. The first kappa shape index (κ1) is 14.0. The van der Waals surface area contributed by atoms with Crippen molar-refractivity contribution in [2.75, 3.05) is 13.2 Å². The predicted molar refractivity (Wildman–Crippen MR) is 68.1 cm³/mol. The summed E-state index contributed by atoms with van der Waals surface area (Å²) in [4.78, 5) is 21.4. The molecule has 0 aliphatic heterocycles. The summed E-state index contributed by atoms with van der Waals surface area (Å²) in [5.41, 5.74) is -0.214. The minimum atomic E-state index is -0.584. The van der Waals surface area contributed by atoms with Gasteiger partial charge in [0, 0.05) is 10.5 Å². The Morgan fingerprint density at radius 1 is 1.61 bits per heavy atom. The molecule has 1 amide bonds. The predicted octanol–water partition coefficient (Wildman–Crippen LogP) is 1.49. The molecule has 0 aliphatic carbocycles. The Kier molecular flexibility index (Phi) is 5.14. The maximum atomic E-state index is 11.2. The van der Waals surface area contributed by atoms with Crippen molar-refractivity contribution in [3.05, 3.63) is 32.8 Å². The summed E-state index contributed by atoms with van der Waals surface area (Å²) >= 11 is 3.12. The van der Waals surface area contributed by atoms with Gasteiger partial charge in [-0.2, -0.15) is 0 Å². The molecule has 94 valence electrons. The van der Waals surface area contributed by atoms with E-state index in [0.717, 1.165) is 0 Å². The number of nitro benzene ring substituents is 1. The van der Waals surface area contributed by atoms with E-state index in [1.807, 2.05) is 0 Å². The van der Waals surface area contributed by atoms with Gasteiger partial charge in [0.15, 0.2) is 12.4 Å². The van der Waals surface area contributed by atoms with E-state index in [-0.39, 0.29) is 24.6 Å². The molecule has 7 heteroatoms. The molecule has 0 spiro atoms. The molecule has 1 rings (SSSR count). The number of rotatable bonds is 5. The Morgan fingerprint density at radius 2 is 2.33 bits per heavy atom. The molecule has 0 atom stereocenters. The maximum absolute atomic E-state index is 11.2. The zero-order valence-corrected chi connectivity index (χ0v) is 10.8. The lowest BCUT2D eigenvalue weighted by molar-refractivity contribution is -0.385. The van der Waals surface area contributed by atoms with Crippen LogP contribution in [-0.2, 0) is 4.79 Å². The summed E-state index contributed by atoms with van der Waals surface area (Å²) in [6, 6.07) is 4.30. The molecule has 1 aromatic carbocycles. The molecule has 18 heavy (non-hydrogen) atoms. The summed E-state index contributed by atoms with van der Waals surface area (Å²) < 4.78 is 5.62. The van der Waals surface area contributed by atoms with Crippen LogP contribution in [-0.4, -0.2) is 24.0 Å². The van der Waals surface area contributed by atoms with Crippen LogP contribution in [0.25, 0.3) is 0 Å². The fourth-order valence-electron chi connectivity index (χ4n) is 1.10. The van der Waals surface area contributed by atoms with Gasteiger partial charge >= 0.3 is 5.69 Å². The lowest BCUT2D eigenvalue weighted by Crippen LogP contribution is -2.29. The van der Waals surface area contributed by atoms with E-state index in [0.29, 0.717) is 4.47 Å². The Morgan fingerprint density at radius 3 is 2.94 bits per heavy atom. The Labute approximate surface area is 112 Å². The second-order valence-electron chi connectivity index (χ2n) is 3.14. The quantitative estimate of drug-likeness (QED) is 0.507. The highest BCUT2D eigenvalue weighted by Crippen LogP contribution is 2.29. The van der Waals surface area contributed by atoms with Crippen molar-refractivity contribution in [1.82, 2.24) is 5.32 Å². The van der Waals surface area contributed by atoms with Crippen LogP contribution in [0.3, 0.4) is 0 Å². The number of nitrogens with one attached hydrogen (secondary N) is 1. The van der Waals surface area contributed by atoms with Crippen LogP contribution in [0.4, 0.5) is 5.69 Å². The number of terminal acetylenes is 1. The van der Waals surface area contributed by atoms with Crippen molar-refractivity contribution in [2.45, 2.75) is 0 Å². The van der Waals surface area contributed by atoms with Gasteiger partial charge < -0.3 is 10.1 Å². The molecule has 0 bridgehead atoms. The molecular formula is C11H9BrN2O4. The Hall–Kier alpha value is -2.07. The fourth-order valence-corrected chi connectivity index (χ4v) is 1.45. The van der Waals surface area contributed by atoms with Gasteiger partial charge in [-0.3, -0.25) is 14.9 Å².